The molecule has 4 unspecified atom stereocenters. The fourth-order valence-corrected chi connectivity index (χ4v) is 3.54. The minimum atomic E-state index is -1.33. The number of nitrogens with one attached hydrogen (secondary N) is 3. The molecule has 0 aliphatic carbocycles. The Hall–Kier alpha value is -3.67. The molecule has 3 amide bonds. The van der Waals surface area contributed by atoms with Gasteiger partial charge in [-0.05, 0) is 48.8 Å². The number of aromatic hydroxyl groups is 1. The minimum absolute atomic E-state index is 0.0343. The van der Waals surface area contributed by atoms with Crippen LogP contribution in [0.15, 0.2) is 24.3 Å². The number of benzene rings is 1. The van der Waals surface area contributed by atoms with Crippen LogP contribution in [0, 0.1) is 11.8 Å². The average Bonchev–Trinajstić information content (AvgIpc) is 2.79. The third kappa shape index (κ3) is 11.3. The van der Waals surface area contributed by atoms with Crippen LogP contribution in [0.3, 0.4) is 0 Å². The fraction of sp³-hybridized carbons (Fsp3) is 0.560. The molecule has 0 fully saturated rings. The van der Waals surface area contributed by atoms with Gasteiger partial charge in [-0.3, -0.25) is 19.2 Å². The van der Waals surface area contributed by atoms with Gasteiger partial charge < -0.3 is 37.0 Å². The average molecular weight is 523 g/mol. The number of amides is 3. The van der Waals surface area contributed by atoms with Gasteiger partial charge in [0.2, 0.25) is 17.7 Å². The molecule has 0 aliphatic rings. The van der Waals surface area contributed by atoms with E-state index in [1.165, 1.54) is 12.1 Å². The first-order valence-corrected chi connectivity index (χ1v) is 12.1. The van der Waals surface area contributed by atoms with Crippen LogP contribution in [-0.4, -0.2) is 69.1 Å². The maximum atomic E-state index is 13.1. The standard InChI is InChI=1S/C25H38N4O8/c1-13(2)11-19(28-22(33)17(26)12-15-5-7-16(30)8-6-15)24(35)27-18(9-10-20(31)32)23(34)29-21(14(3)4)25(36)37/h5-8,13-14,17-19,21,30H,9-12,26H2,1-4H3,(H,27,35)(H,28,33)(H,29,34)(H,31,32)(H,36,37). The third-order valence-corrected chi connectivity index (χ3v) is 5.58. The summed E-state index contributed by atoms with van der Waals surface area (Å²) in [7, 11) is 0. The van der Waals surface area contributed by atoms with Gasteiger partial charge in [-0.2, -0.15) is 0 Å². The molecular formula is C25H38N4O8. The Labute approximate surface area is 216 Å². The first-order valence-electron chi connectivity index (χ1n) is 12.1. The van der Waals surface area contributed by atoms with E-state index in [4.69, 9.17) is 10.8 Å². The Morgan fingerprint density at radius 1 is 0.838 bits per heavy atom. The molecule has 0 aliphatic heterocycles. The van der Waals surface area contributed by atoms with Gasteiger partial charge in [-0.25, -0.2) is 4.79 Å². The quantitative estimate of drug-likeness (QED) is 0.169. The molecule has 206 valence electrons. The number of phenolic OH excluding ortho intramolecular Hbond substituents is 1. The molecule has 1 rings (SSSR count). The molecule has 0 spiro atoms. The van der Waals surface area contributed by atoms with Gasteiger partial charge >= 0.3 is 11.9 Å². The smallest absolute Gasteiger partial charge is 0.326 e. The highest BCUT2D eigenvalue weighted by Crippen LogP contribution is 2.12. The second-order valence-corrected chi connectivity index (χ2v) is 9.73. The predicted molar refractivity (Wildman–Crippen MR) is 134 cm³/mol. The molecular weight excluding hydrogens is 484 g/mol. The summed E-state index contributed by atoms with van der Waals surface area (Å²) in [5.74, 6) is -5.05. The number of rotatable bonds is 15. The van der Waals surface area contributed by atoms with Crippen molar-refractivity contribution in [1.82, 2.24) is 16.0 Å². The zero-order chi connectivity index (χ0) is 28.3. The SMILES string of the molecule is CC(C)CC(NC(=O)C(N)Cc1ccc(O)cc1)C(=O)NC(CCC(=O)O)C(=O)NC(C(=O)O)C(C)C. The van der Waals surface area contributed by atoms with Crippen molar-refractivity contribution in [3.8, 4) is 5.75 Å². The van der Waals surface area contributed by atoms with Gasteiger partial charge in [-0.15, -0.1) is 0 Å². The van der Waals surface area contributed by atoms with Crippen molar-refractivity contribution in [2.24, 2.45) is 17.6 Å². The van der Waals surface area contributed by atoms with Crippen LogP contribution < -0.4 is 21.7 Å². The van der Waals surface area contributed by atoms with Crippen molar-refractivity contribution >= 4 is 29.7 Å². The zero-order valence-corrected chi connectivity index (χ0v) is 21.6. The number of hydrogen-bond donors (Lipinski definition) is 7. The topological polar surface area (TPSA) is 208 Å². The summed E-state index contributed by atoms with van der Waals surface area (Å²) in [5, 5.41) is 35.2. The van der Waals surface area contributed by atoms with E-state index in [1.54, 1.807) is 26.0 Å². The molecule has 0 bridgehead atoms. The van der Waals surface area contributed by atoms with Crippen molar-refractivity contribution in [3.05, 3.63) is 29.8 Å². The lowest BCUT2D eigenvalue weighted by Crippen LogP contribution is -2.58. The molecule has 37 heavy (non-hydrogen) atoms. The number of carboxylic acid groups (broad SMARTS) is 2. The molecule has 0 heterocycles. The summed E-state index contributed by atoms with van der Waals surface area (Å²) >= 11 is 0. The van der Waals surface area contributed by atoms with Gasteiger partial charge in [0.25, 0.3) is 0 Å². The summed E-state index contributed by atoms with van der Waals surface area (Å²) in [4.78, 5) is 61.2. The highest BCUT2D eigenvalue weighted by Gasteiger charge is 2.31. The van der Waals surface area contributed by atoms with Crippen LogP contribution in [0.4, 0.5) is 0 Å². The Balaban J connectivity index is 3.00. The number of carbonyl (C=O) groups is 5. The van der Waals surface area contributed by atoms with Crippen LogP contribution in [0.5, 0.6) is 5.75 Å². The summed E-state index contributed by atoms with van der Waals surface area (Å²) in [6.45, 7) is 6.86. The van der Waals surface area contributed by atoms with Crippen molar-refractivity contribution in [2.75, 3.05) is 0 Å². The van der Waals surface area contributed by atoms with E-state index < -0.39 is 66.2 Å². The third-order valence-electron chi connectivity index (χ3n) is 5.58. The van der Waals surface area contributed by atoms with Gasteiger partial charge in [0.15, 0.2) is 0 Å². The summed E-state index contributed by atoms with van der Waals surface area (Å²) in [6, 6.07) is 1.53. The normalized spacial score (nSPS) is 14.4. The number of hydrogen-bond acceptors (Lipinski definition) is 7. The molecule has 12 nitrogen and oxygen atoms in total. The Morgan fingerprint density at radius 3 is 1.86 bits per heavy atom. The molecule has 12 heteroatoms. The highest BCUT2D eigenvalue weighted by atomic mass is 16.4. The lowest BCUT2D eigenvalue weighted by Gasteiger charge is -2.26. The predicted octanol–water partition coefficient (Wildman–Crippen LogP) is 0.368. The molecule has 1 aromatic rings. The van der Waals surface area contributed by atoms with E-state index in [0.717, 1.165) is 0 Å². The van der Waals surface area contributed by atoms with Crippen LogP contribution >= 0.6 is 0 Å². The Bertz CT molecular complexity index is 949. The van der Waals surface area contributed by atoms with Crippen LogP contribution in [0.1, 0.15) is 52.5 Å². The maximum Gasteiger partial charge on any atom is 0.326 e. The number of carbonyl (C=O) groups excluding carboxylic acids is 3. The Kier molecular flexibility index (Phi) is 12.5. The number of carboxylic acids is 2. The molecule has 0 aromatic heterocycles. The summed E-state index contributed by atoms with van der Waals surface area (Å²) in [5.41, 5.74) is 6.72. The maximum absolute atomic E-state index is 13.1. The molecule has 0 radical (unpaired) electrons. The molecule has 0 saturated carbocycles. The molecule has 4 atom stereocenters. The molecule has 1 aromatic carbocycles. The molecule has 8 N–H and O–H groups in total. The van der Waals surface area contributed by atoms with Crippen LogP contribution in [0.2, 0.25) is 0 Å². The zero-order valence-electron chi connectivity index (χ0n) is 21.6. The van der Waals surface area contributed by atoms with E-state index in [-0.39, 0.29) is 30.9 Å². The van der Waals surface area contributed by atoms with Crippen molar-refractivity contribution in [1.29, 1.82) is 0 Å². The van der Waals surface area contributed by atoms with Crippen molar-refractivity contribution in [3.63, 3.8) is 0 Å². The highest BCUT2D eigenvalue weighted by molar-refractivity contribution is 5.94. The number of aliphatic carboxylic acids is 2. The van der Waals surface area contributed by atoms with Crippen molar-refractivity contribution in [2.45, 2.75) is 77.5 Å². The van der Waals surface area contributed by atoms with E-state index >= 15 is 0 Å². The molecule has 0 saturated heterocycles. The largest absolute Gasteiger partial charge is 0.508 e. The van der Waals surface area contributed by atoms with Gasteiger partial charge in [0.1, 0.15) is 23.9 Å². The number of nitrogens with two attached hydrogens (primary N) is 1. The van der Waals surface area contributed by atoms with Crippen LogP contribution in [0.25, 0.3) is 0 Å². The second kappa shape index (κ2) is 14.8. The fourth-order valence-electron chi connectivity index (χ4n) is 3.54. The first-order chi connectivity index (χ1) is 17.2. The van der Waals surface area contributed by atoms with Gasteiger partial charge in [0.05, 0.1) is 6.04 Å². The summed E-state index contributed by atoms with van der Waals surface area (Å²) < 4.78 is 0. The van der Waals surface area contributed by atoms with Gasteiger partial charge in [-0.1, -0.05) is 39.8 Å². The minimum Gasteiger partial charge on any atom is -0.508 e. The van der Waals surface area contributed by atoms with E-state index in [1.807, 2.05) is 13.8 Å². The Morgan fingerprint density at radius 2 is 1.38 bits per heavy atom. The first kappa shape index (κ1) is 31.4. The second-order valence-electron chi connectivity index (χ2n) is 9.73. The summed E-state index contributed by atoms with van der Waals surface area (Å²) in [6.07, 6.45) is -0.366. The number of phenols is 1. The van der Waals surface area contributed by atoms with E-state index in [0.29, 0.717) is 5.56 Å². The lowest BCUT2D eigenvalue weighted by molar-refractivity contribution is -0.144. The monoisotopic (exact) mass is 522 g/mol. The van der Waals surface area contributed by atoms with E-state index in [2.05, 4.69) is 16.0 Å². The van der Waals surface area contributed by atoms with Crippen molar-refractivity contribution < 1.29 is 39.3 Å². The van der Waals surface area contributed by atoms with Gasteiger partial charge in [0, 0.05) is 6.42 Å². The lowest BCUT2D eigenvalue weighted by atomic mass is 10.00. The van der Waals surface area contributed by atoms with Crippen LogP contribution in [-0.2, 0) is 30.4 Å². The van der Waals surface area contributed by atoms with E-state index in [9.17, 15) is 34.2 Å².